The molecule has 1 aliphatic carbocycles. The Morgan fingerprint density at radius 3 is 2.76 bits per heavy atom. The fourth-order valence-corrected chi connectivity index (χ4v) is 1.96. The minimum atomic E-state index is -0.397. The number of nitrogens with zero attached hydrogens (tertiary/aromatic N) is 1. The van der Waals surface area contributed by atoms with E-state index in [-0.39, 0.29) is 5.76 Å². The van der Waals surface area contributed by atoms with Gasteiger partial charge in [-0.05, 0) is 32.1 Å². The van der Waals surface area contributed by atoms with E-state index in [9.17, 15) is 4.79 Å². The van der Waals surface area contributed by atoms with E-state index in [1.807, 2.05) is 6.92 Å². The average Bonchev–Trinajstić information content (AvgIpc) is 3.07. The molecule has 0 radical (unpaired) electrons. The van der Waals surface area contributed by atoms with E-state index in [0.717, 1.165) is 0 Å². The third-order valence-corrected chi connectivity index (χ3v) is 3.23. The maximum Gasteiger partial charge on any atom is 0.376 e. The van der Waals surface area contributed by atoms with Gasteiger partial charge in [0.1, 0.15) is 0 Å². The van der Waals surface area contributed by atoms with Gasteiger partial charge in [-0.1, -0.05) is 13.8 Å². The number of aromatic nitrogens is 1. The fraction of sp³-hybridized carbons (Fsp3) is 0.692. The van der Waals surface area contributed by atoms with Crippen LogP contribution in [0, 0.1) is 5.92 Å². The fourth-order valence-electron chi connectivity index (χ4n) is 1.96. The lowest BCUT2D eigenvalue weighted by Gasteiger charge is -2.03. The van der Waals surface area contributed by atoms with Crippen molar-refractivity contribution in [3.05, 3.63) is 17.3 Å². The van der Waals surface area contributed by atoms with Crippen LogP contribution in [-0.2, 0) is 11.2 Å². The van der Waals surface area contributed by atoms with Crippen LogP contribution in [0.4, 0.5) is 0 Å². The maximum absolute atomic E-state index is 11.7. The zero-order valence-electron chi connectivity index (χ0n) is 10.7. The molecule has 1 atom stereocenters. The van der Waals surface area contributed by atoms with E-state index in [1.165, 1.54) is 12.8 Å². The molecule has 94 valence electrons. The van der Waals surface area contributed by atoms with Gasteiger partial charge < -0.3 is 9.15 Å². The highest BCUT2D eigenvalue weighted by molar-refractivity contribution is 5.87. The Morgan fingerprint density at radius 2 is 2.24 bits per heavy atom. The smallest absolute Gasteiger partial charge is 0.376 e. The molecule has 1 aromatic rings. The monoisotopic (exact) mass is 237 g/mol. The number of carbonyl (C=O) groups excluding carboxylic acids is 1. The van der Waals surface area contributed by atoms with Gasteiger partial charge in [0, 0.05) is 5.92 Å². The first kappa shape index (κ1) is 12.1. The molecule has 0 aliphatic heterocycles. The topological polar surface area (TPSA) is 52.3 Å². The van der Waals surface area contributed by atoms with E-state index >= 15 is 0 Å². The summed E-state index contributed by atoms with van der Waals surface area (Å²) >= 11 is 0. The van der Waals surface area contributed by atoms with E-state index in [1.54, 1.807) is 6.92 Å². The number of hydrogen-bond acceptors (Lipinski definition) is 4. The summed E-state index contributed by atoms with van der Waals surface area (Å²) in [5, 5.41) is 0. The summed E-state index contributed by atoms with van der Waals surface area (Å²) in [4.78, 5) is 16.1. The molecule has 1 unspecified atom stereocenters. The Balaban J connectivity index is 2.22. The molecule has 1 aromatic heterocycles. The second-order valence-electron chi connectivity index (χ2n) is 4.53. The van der Waals surface area contributed by atoms with Crippen molar-refractivity contribution in [1.82, 2.24) is 4.98 Å². The SMILES string of the molecule is CCOC(=O)c1oc(C(C)C2CC2)nc1CC. The highest BCUT2D eigenvalue weighted by Gasteiger charge is 2.33. The van der Waals surface area contributed by atoms with Gasteiger partial charge in [-0.2, -0.15) is 0 Å². The van der Waals surface area contributed by atoms with Crippen LogP contribution in [0.2, 0.25) is 0 Å². The summed E-state index contributed by atoms with van der Waals surface area (Å²) in [5.41, 5.74) is 0.714. The maximum atomic E-state index is 11.7. The standard InChI is InChI=1S/C13H19NO3/c1-4-10-11(13(15)16-5-2)17-12(14-10)8(3)9-6-7-9/h8-9H,4-7H2,1-3H3. The molecule has 0 aromatic carbocycles. The quantitative estimate of drug-likeness (QED) is 0.739. The molecule has 1 fully saturated rings. The second-order valence-corrected chi connectivity index (χ2v) is 4.53. The predicted octanol–water partition coefficient (Wildman–Crippen LogP) is 2.93. The van der Waals surface area contributed by atoms with Crippen molar-refractivity contribution < 1.29 is 13.9 Å². The van der Waals surface area contributed by atoms with Crippen molar-refractivity contribution in [3.8, 4) is 0 Å². The average molecular weight is 237 g/mol. The molecular weight excluding hydrogens is 218 g/mol. The molecule has 17 heavy (non-hydrogen) atoms. The number of oxazole rings is 1. The van der Waals surface area contributed by atoms with Crippen LogP contribution in [0.1, 0.15) is 61.7 Å². The minimum absolute atomic E-state index is 0.289. The van der Waals surface area contributed by atoms with Crippen LogP contribution < -0.4 is 0 Å². The van der Waals surface area contributed by atoms with E-state index in [2.05, 4.69) is 11.9 Å². The largest absolute Gasteiger partial charge is 0.460 e. The van der Waals surface area contributed by atoms with Crippen molar-refractivity contribution in [2.24, 2.45) is 5.92 Å². The van der Waals surface area contributed by atoms with Crippen molar-refractivity contribution in [1.29, 1.82) is 0 Å². The molecule has 0 saturated heterocycles. The molecule has 4 heteroatoms. The van der Waals surface area contributed by atoms with Gasteiger partial charge in [0.25, 0.3) is 0 Å². The highest BCUT2D eigenvalue weighted by Crippen LogP contribution is 2.42. The Bertz CT molecular complexity index is 407. The third-order valence-electron chi connectivity index (χ3n) is 3.23. The Hall–Kier alpha value is -1.32. The predicted molar refractivity (Wildman–Crippen MR) is 63.0 cm³/mol. The summed E-state index contributed by atoms with van der Waals surface area (Å²) in [5.74, 6) is 1.56. The van der Waals surface area contributed by atoms with Gasteiger partial charge >= 0.3 is 5.97 Å². The van der Waals surface area contributed by atoms with Crippen LogP contribution in [0.5, 0.6) is 0 Å². The number of carbonyl (C=O) groups is 1. The lowest BCUT2D eigenvalue weighted by Crippen LogP contribution is -2.05. The van der Waals surface area contributed by atoms with E-state index in [4.69, 9.17) is 9.15 Å². The van der Waals surface area contributed by atoms with Gasteiger partial charge in [0.05, 0.1) is 12.3 Å². The molecular formula is C13H19NO3. The molecule has 1 aliphatic rings. The summed E-state index contributed by atoms with van der Waals surface area (Å²) in [6.07, 6.45) is 3.16. The lowest BCUT2D eigenvalue weighted by atomic mass is 10.1. The highest BCUT2D eigenvalue weighted by atomic mass is 16.5. The van der Waals surface area contributed by atoms with Crippen molar-refractivity contribution >= 4 is 5.97 Å². The van der Waals surface area contributed by atoms with Crippen LogP contribution >= 0.6 is 0 Å². The molecule has 2 rings (SSSR count). The number of esters is 1. The van der Waals surface area contributed by atoms with Crippen molar-refractivity contribution in [2.45, 2.75) is 46.0 Å². The van der Waals surface area contributed by atoms with Gasteiger partial charge in [0.15, 0.2) is 5.89 Å². The number of rotatable bonds is 5. The lowest BCUT2D eigenvalue weighted by molar-refractivity contribution is 0.0485. The number of ether oxygens (including phenoxy) is 1. The van der Waals surface area contributed by atoms with Crippen molar-refractivity contribution in [2.75, 3.05) is 6.61 Å². The van der Waals surface area contributed by atoms with Gasteiger partial charge in [-0.15, -0.1) is 0 Å². The Labute approximate surface area is 101 Å². The van der Waals surface area contributed by atoms with Gasteiger partial charge in [-0.25, -0.2) is 9.78 Å². The molecule has 0 amide bonds. The van der Waals surface area contributed by atoms with E-state index < -0.39 is 5.97 Å². The van der Waals surface area contributed by atoms with Crippen molar-refractivity contribution in [3.63, 3.8) is 0 Å². The van der Waals surface area contributed by atoms with Crippen LogP contribution in [0.15, 0.2) is 4.42 Å². The Kier molecular flexibility index (Phi) is 3.50. The summed E-state index contributed by atoms with van der Waals surface area (Å²) in [6, 6.07) is 0. The van der Waals surface area contributed by atoms with Crippen LogP contribution in [-0.4, -0.2) is 17.6 Å². The zero-order chi connectivity index (χ0) is 12.4. The summed E-state index contributed by atoms with van der Waals surface area (Å²) in [7, 11) is 0. The molecule has 0 bridgehead atoms. The van der Waals surface area contributed by atoms with Crippen LogP contribution in [0.3, 0.4) is 0 Å². The first-order valence-corrected chi connectivity index (χ1v) is 6.34. The second kappa shape index (κ2) is 4.90. The summed E-state index contributed by atoms with van der Waals surface area (Å²) < 4.78 is 10.6. The van der Waals surface area contributed by atoms with Gasteiger partial charge in [-0.3, -0.25) is 0 Å². The first-order valence-electron chi connectivity index (χ1n) is 6.34. The minimum Gasteiger partial charge on any atom is -0.460 e. The Morgan fingerprint density at radius 1 is 1.53 bits per heavy atom. The molecule has 1 heterocycles. The zero-order valence-corrected chi connectivity index (χ0v) is 10.7. The normalized spacial score (nSPS) is 16.9. The molecule has 4 nitrogen and oxygen atoms in total. The number of aryl methyl sites for hydroxylation is 1. The number of hydrogen-bond donors (Lipinski definition) is 0. The summed E-state index contributed by atoms with van der Waals surface area (Å²) in [6.45, 7) is 6.22. The van der Waals surface area contributed by atoms with E-state index in [0.29, 0.717) is 36.4 Å². The third kappa shape index (κ3) is 2.51. The van der Waals surface area contributed by atoms with Gasteiger partial charge in [0.2, 0.25) is 5.76 Å². The molecule has 0 spiro atoms. The first-order chi connectivity index (χ1) is 8.17. The van der Waals surface area contributed by atoms with Crippen LogP contribution in [0.25, 0.3) is 0 Å². The molecule has 1 saturated carbocycles. The molecule has 0 N–H and O–H groups in total.